The van der Waals surface area contributed by atoms with Crippen LogP contribution >= 0.6 is 0 Å². The number of halogens is 3. The van der Waals surface area contributed by atoms with Crippen LogP contribution in [0.3, 0.4) is 0 Å². The minimum atomic E-state index is -4.46. The Balaban J connectivity index is 3.09. The van der Waals surface area contributed by atoms with Gasteiger partial charge in [-0.15, -0.1) is 0 Å². The number of nitrogen functional groups attached to an aromatic ring is 1. The largest absolute Gasteiger partial charge is 0.494 e. The highest BCUT2D eigenvalue weighted by molar-refractivity contribution is 5.95. The molecule has 0 atom stereocenters. The molecular weight excluding hydrogens is 285 g/mol. The molecule has 1 rings (SSSR count). The molecule has 4 nitrogen and oxygen atoms in total. The van der Waals surface area contributed by atoms with Gasteiger partial charge in [-0.1, -0.05) is 0 Å². The summed E-state index contributed by atoms with van der Waals surface area (Å²) in [5.41, 5.74) is 6.00. The monoisotopic (exact) mass is 304 g/mol. The highest BCUT2D eigenvalue weighted by Crippen LogP contribution is 2.23. The predicted octanol–water partition coefficient (Wildman–Crippen LogP) is 3.08. The number of benzene rings is 1. The highest BCUT2D eigenvalue weighted by Gasteiger charge is 2.34. The van der Waals surface area contributed by atoms with E-state index in [1.807, 2.05) is 0 Å². The number of carbonyl (C=O) groups excluding carboxylic acids is 1. The average Bonchev–Trinajstić information content (AvgIpc) is 2.33. The molecular formula is C14H19F3N2O2. The number of nitrogens with zero attached hydrogens (tertiary/aromatic N) is 1. The minimum absolute atomic E-state index is 0.0800. The minimum Gasteiger partial charge on any atom is -0.494 e. The molecule has 0 aliphatic carbocycles. The summed E-state index contributed by atoms with van der Waals surface area (Å²) in [6, 6.07) is 3.67. The van der Waals surface area contributed by atoms with Crippen molar-refractivity contribution in [2.45, 2.75) is 33.0 Å². The number of nitrogens with two attached hydrogens (primary N) is 1. The van der Waals surface area contributed by atoms with Gasteiger partial charge in [-0.2, -0.15) is 13.2 Å². The Morgan fingerprint density at radius 1 is 1.33 bits per heavy atom. The molecule has 21 heavy (non-hydrogen) atoms. The van der Waals surface area contributed by atoms with Crippen molar-refractivity contribution >= 4 is 11.6 Å². The Labute approximate surface area is 121 Å². The Kier molecular flexibility index (Phi) is 5.46. The lowest BCUT2D eigenvalue weighted by Gasteiger charge is -2.28. The van der Waals surface area contributed by atoms with E-state index in [0.29, 0.717) is 12.4 Å². The van der Waals surface area contributed by atoms with E-state index >= 15 is 0 Å². The van der Waals surface area contributed by atoms with Crippen molar-refractivity contribution in [1.29, 1.82) is 0 Å². The van der Waals surface area contributed by atoms with Crippen LogP contribution in [0.15, 0.2) is 18.2 Å². The Hall–Kier alpha value is -1.92. The maximum absolute atomic E-state index is 12.6. The summed E-state index contributed by atoms with van der Waals surface area (Å²) in [4.78, 5) is 13.0. The van der Waals surface area contributed by atoms with Gasteiger partial charge in [0.1, 0.15) is 12.3 Å². The number of rotatable bonds is 5. The van der Waals surface area contributed by atoms with Gasteiger partial charge in [0.25, 0.3) is 5.91 Å². The molecule has 0 saturated carbocycles. The molecule has 0 unspecified atom stereocenters. The van der Waals surface area contributed by atoms with E-state index in [1.54, 1.807) is 6.92 Å². The van der Waals surface area contributed by atoms with Crippen LogP contribution in [0.4, 0.5) is 18.9 Å². The lowest BCUT2D eigenvalue weighted by Crippen LogP contribution is -2.43. The third-order valence-corrected chi connectivity index (χ3v) is 2.72. The number of hydrogen-bond donors (Lipinski definition) is 1. The van der Waals surface area contributed by atoms with E-state index in [1.165, 1.54) is 32.0 Å². The number of ether oxygens (including phenoxy) is 1. The summed E-state index contributed by atoms with van der Waals surface area (Å²) >= 11 is 0. The van der Waals surface area contributed by atoms with Gasteiger partial charge in [-0.25, -0.2) is 0 Å². The highest BCUT2D eigenvalue weighted by atomic mass is 19.4. The van der Waals surface area contributed by atoms with E-state index in [-0.39, 0.29) is 11.3 Å². The number of anilines is 1. The van der Waals surface area contributed by atoms with Crippen molar-refractivity contribution in [3.05, 3.63) is 23.8 Å². The second-order valence-corrected chi connectivity index (χ2v) is 4.87. The Morgan fingerprint density at radius 3 is 2.43 bits per heavy atom. The molecule has 0 saturated heterocycles. The van der Waals surface area contributed by atoms with Gasteiger partial charge >= 0.3 is 6.18 Å². The number of amides is 1. The fourth-order valence-corrected chi connectivity index (χ4v) is 1.84. The van der Waals surface area contributed by atoms with Crippen LogP contribution in [-0.4, -0.2) is 36.2 Å². The molecule has 0 fully saturated rings. The lowest BCUT2D eigenvalue weighted by atomic mass is 10.1. The quantitative estimate of drug-likeness (QED) is 0.851. The van der Waals surface area contributed by atoms with Gasteiger partial charge in [0.15, 0.2) is 0 Å². The predicted molar refractivity (Wildman–Crippen MR) is 74.3 cm³/mol. The number of alkyl halides is 3. The zero-order valence-electron chi connectivity index (χ0n) is 12.2. The molecule has 1 amide bonds. The van der Waals surface area contributed by atoms with Gasteiger partial charge in [-0.05, 0) is 32.9 Å². The van der Waals surface area contributed by atoms with Gasteiger partial charge in [0.2, 0.25) is 0 Å². The second-order valence-electron chi connectivity index (χ2n) is 4.87. The van der Waals surface area contributed by atoms with Crippen molar-refractivity contribution in [2.24, 2.45) is 0 Å². The fourth-order valence-electron chi connectivity index (χ4n) is 1.84. The van der Waals surface area contributed by atoms with Crippen LogP contribution < -0.4 is 10.5 Å². The molecule has 1 aromatic carbocycles. The molecule has 0 aliphatic rings. The summed E-state index contributed by atoms with van der Waals surface area (Å²) in [5, 5.41) is 0. The summed E-state index contributed by atoms with van der Waals surface area (Å²) in [6.07, 6.45) is -4.46. The molecule has 0 spiro atoms. The molecule has 0 heterocycles. The normalized spacial score (nSPS) is 11.6. The van der Waals surface area contributed by atoms with Gasteiger partial charge in [0, 0.05) is 23.4 Å². The van der Waals surface area contributed by atoms with Crippen LogP contribution in [0, 0.1) is 0 Å². The molecule has 2 N–H and O–H groups in total. The maximum Gasteiger partial charge on any atom is 0.406 e. The van der Waals surface area contributed by atoms with E-state index < -0.39 is 24.7 Å². The summed E-state index contributed by atoms with van der Waals surface area (Å²) in [5.74, 6) is -0.368. The van der Waals surface area contributed by atoms with E-state index in [4.69, 9.17) is 10.5 Å². The zero-order valence-corrected chi connectivity index (χ0v) is 12.2. The molecule has 7 heteroatoms. The first-order valence-electron chi connectivity index (χ1n) is 6.55. The second kappa shape index (κ2) is 6.69. The van der Waals surface area contributed by atoms with Crippen molar-refractivity contribution < 1.29 is 22.7 Å². The summed E-state index contributed by atoms with van der Waals surface area (Å²) < 4.78 is 43.0. The van der Waals surface area contributed by atoms with Crippen molar-refractivity contribution in [3.8, 4) is 5.75 Å². The van der Waals surface area contributed by atoms with Crippen LogP contribution in [0.5, 0.6) is 5.75 Å². The SMILES string of the molecule is CCOc1cc(N)cc(C(=O)N(CC(F)(F)F)C(C)C)c1. The first-order valence-corrected chi connectivity index (χ1v) is 6.55. The molecule has 0 radical (unpaired) electrons. The maximum atomic E-state index is 12.6. The Bertz CT molecular complexity index is 501. The third-order valence-electron chi connectivity index (χ3n) is 2.72. The standard InChI is InChI=1S/C14H19F3N2O2/c1-4-21-12-6-10(5-11(18)7-12)13(20)19(9(2)3)8-14(15,16)17/h5-7,9H,4,8,18H2,1-3H3. The third kappa shape index (κ3) is 5.17. The average molecular weight is 304 g/mol. The molecule has 1 aromatic rings. The van der Waals surface area contributed by atoms with E-state index in [0.717, 1.165) is 4.90 Å². The lowest BCUT2D eigenvalue weighted by molar-refractivity contribution is -0.143. The first kappa shape index (κ1) is 17.1. The van der Waals surface area contributed by atoms with E-state index in [9.17, 15) is 18.0 Å². The summed E-state index contributed by atoms with van der Waals surface area (Å²) in [6.45, 7) is 3.88. The molecule has 0 aromatic heterocycles. The van der Waals surface area contributed by atoms with Crippen LogP contribution in [0.2, 0.25) is 0 Å². The van der Waals surface area contributed by atoms with Crippen molar-refractivity contribution in [2.75, 3.05) is 18.9 Å². The molecule has 0 bridgehead atoms. The molecule has 0 aliphatic heterocycles. The van der Waals surface area contributed by atoms with Crippen LogP contribution in [0.1, 0.15) is 31.1 Å². The topological polar surface area (TPSA) is 55.6 Å². The van der Waals surface area contributed by atoms with Crippen molar-refractivity contribution in [3.63, 3.8) is 0 Å². The van der Waals surface area contributed by atoms with Gasteiger partial charge in [0.05, 0.1) is 6.61 Å². The zero-order chi connectivity index (χ0) is 16.2. The van der Waals surface area contributed by atoms with Crippen LogP contribution in [-0.2, 0) is 0 Å². The fraction of sp³-hybridized carbons (Fsp3) is 0.500. The number of carbonyl (C=O) groups is 1. The summed E-state index contributed by atoms with van der Waals surface area (Å²) in [7, 11) is 0. The molecule has 118 valence electrons. The smallest absolute Gasteiger partial charge is 0.406 e. The number of hydrogen-bond acceptors (Lipinski definition) is 3. The van der Waals surface area contributed by atoms with Crippen molar-refractivity contribution in [1.82, 2.24) is 4.90 Å². The first-order chi connectivity index (χ1) is 9.64. The van der Waals surface area contributed by atoms with Gasteiger partial charge < -0.3 is 15.4 Å². The van der Waals surface area contributed by atoms with Gasteiger partial charge in [-0.3, -0.25) is 4.79 Å². The van der Waals surface area contributed by atoms with E-state index in [2.05, 4.69) is 0 Å². The van der Waals surface area contributed by atoms with Crippen LogP contribution in [0.25, 0.3) is 0 Å². The Morgan fingerprint density at radius 2 is 1.95 bits per heavy atom.